The summed E-state index contributed by atoms with van der Waals surface area (Å²) in [6.45, 7) is 2.13. The number of anilines is 1. The third-order valence-electron chi connectivity index (χ3n) is 4.11. The highest BCUT2D eigenvalue weighted by Crippen LogP contribution is 2.38. The SMILES string of the molecule is COc1ccc(C2CC(Nc3cccc(C)c3)C2)cc1. The summed E-state index contributed by atoms with van der Waals surface area (Å²) in [5.41, 5.74) is 3.97. The predicted molar refractivity (Wildman–Crippen MR) is 83.6 cm³/mol. The van der Waals surface area contributed by atoms with E-state index in [0.717, 1.165) is 5.75 Å². The molecule has 0 atom stereocenters. The number of rotatable bonds is 4. The highest BCUT2D eigenvalue weighted by atomic mass is 16.5. The van der Waals surface area contributed by atoms with Gasteiger partial charge in [-0.2, -0.15) is 0 Å². The van der Waals surface area contributed by atoms with Gasteiger partial charge in [0.25, 0.3) is 0 Å². The van der Waals surface area contributed by atoms with Crippen LogP contribution in [0.3, 0.4) is 0 Å². The molecule has 1 N–H and O–H groups in total. The molecule has 0 heterocycles. The van der Waals surface area contributed by atoms with E-state index in [1.54, 1.807) is 7.11 Å². The molecule has 2 heteroatoms. The van der Waals surface area contributed by atoms with Gasteiger partial charge in [0.05, 0.1) is 7.11 Å². The topological polar surface area (TPSA) is 21.3 Å². The average molecular weight is 267 g/mol. The first-order chi connectivity index (χ1) is 9.74. The Morgan fingerprint density at radius 1 is 1.05 bits per heavy atom. The van der Waals surface area contributed by atoms with Crippen molar-refractivity contribution in [3.8, 4) is 5.75 Å². The molecule has 1 aliphatic carbocycles. The standard InChI is InChI=1S/C18H21NO/c1-13-4-3-5-16(10-13)19-17-11-15(12-17)14-6-8-18(20-2)9-7-14/h3-10,15,17,19H,11-12H2,1-2H3. The summed E-state index contributed by atoms with van der Waals surface area (Å²) in [5, 5.41) is 3.62. The molecule has 0 bridgehead atoms. The van der Waals surface area contributed by atoms with Crippen molar-refractivity contribution in [3.05, 3.63) is 59.7 Å². The van der Waals surface area contributed by atoms with Crippen molar-refractivity contribution in [1.29, 1.82) is 0 Å². The van der Waals surface area contributed by atoms with E-state index in [9.17, 15) is 0 Å². The Hall–Kier alpha value is -1.96. The van der Waals surface area contributed by atoms with Crippen molar-refractivity contribution in [2.75, 3.05) is 12.4 Å². The third kappa shape index (κ3) is 2.79. The average Bonchev–Trinajstić information content (AvgIpc) is 2.43. The highest BCUT2D eigenvalue weighted by Gasteiger charge is 2.30. The molecule has 20 heavy (non-hydrogen) atoms. The van der Waals surface area contributed by atoms with Crippen LogP contribution in [-0.4, -0.2) is 13.2 Å². The zero-order valence-corrected chi connectivity index (χ0v) is 12.1. The van der Waals surface area contributed by atoms with Gasteiger partial charge in [0, 0.05) is 11.7 Å². The Bertz CT molecular complexity index is 570. The maximum atomic E-state index is 5.20. The van der Waals surface area contributed by atoms with E-state index >= 15 is 0 Å². The second kappa shape index (κ2) is 5.58. The second-order valence-corrected chi connectivity index (χ2v) is 5.65. The van der Waals surface area contributed by atoms with Gasteiger partial charge in [-0.3, -0.25) is 0 Å². The molecule has 2 aromatic carbocycles. The molecular formula is C18H21NO. The zero-order valence-electron chi connectivity index (χ0n) is 12.1. The van der Waals surface area contributed by atoms with Crippen molar-refractivity contribution >= 4 is 5.69 Å². The van der Waals surface area contributed by atoms with Crippen LogP contribution in [0.4, 0.5) is 5.69 Å². The Morgan fingerprint density at radius 2 is 1.80 bits per heavy atom. The number of ether oxygens (including phenoxy) is 1. The lowest BCUT2D eigenvalue weighted by molar-refractivity contribution is 0.373. The van der Waals surface area contributed by atoms with Crippen LogP contribution in [0.25, 0.3) is 0 Å². The summed E-state index contributed by atoms with van der Waals surface area (Å²) in [4.78, 5) is 0. The first-order valence-corrected chi connectivity index (χ1v) is 7.22. The van der Waals surface area contributed by atoms with Gasteiger partial charge in [-0.05, 0) is 61.1 Å². The minimum atomic E-state index is 0.601. The highest BCUT2D eigenvalue weighted by molar-refractivity contribution is 5.47. The third-order valence-corrected chi connectivity index (χ3v) is 4.11. The number of benzene rings is 2. The Balaban J connectivity index is 1.55. The molecule has 1 fully saturated rings. The number of methoxy groups -OCH3 is 1. The number of aryl methyl sites for hydroxylation is 1. The van der Waals surface area contributed by atoms with Gasteiger partial charge in [0.15, 0.2) is 0 Å². The van der Waals surface area contributed by atoms with Crippen molar-refractivity contribution in [2.24, 2.45) is 0 Å². The summed E-state index contributed by atoms with van der Waals surface area (Å²) >= 11 is 0. The van der Waals surface area contributed by atoms with Gasteiger partial charge >= 0.3 is 0 Å². The first kappa shape index (κ1) is 13.0. The minimum Gasteiger partial charge on any atom is -0.497 e. The van der Waals surface area contributed by atoms with Crippen LogP contribution in [-0.2, 0) is 0 Å². The van der Waals surface area contributed by atoms with Gasteiger partial charge in [0.2, 0.25) is 0 Å². The normalized spacial score (nSPS) is 21.1. The van der Waals surface area contributed by atoms with Gasteiger partial charge in [0.1, 0.15) is 5.75 Å². The molecule has 0 aliphatic heterocycles. The van der Waals surface area contributed by atoms with E-state index in [2.05, 4.69) is 60.8 Å². The summed E-state index contributed by atoms with van der Waals surface area (Å²) in [6, 6.07) is 17.7. The predicted octanol–water partition coefficient (Wildman–Crippen LogP) is 4.36. The molecular weight excluding hydrogens is 246 g/mol. The number of nitrogens with one attached hydrogen (secondary N) is 1. The summed E-state index contributed by atoms with van der Waals surface area (Å²) in [6.07, 6.45) is 2.42. The smallest absolute Gasteiger partial charge is 0.118 e. The van der Waals surface area contributed by atoms with Crippen LogP contribution in [0.15, 0.2) is 48.5 Å². The second-order valence-electron chi connectivity index (χ2n) is 5.65. The molecule has 1 aliphatic rings. The van der Waals surface area contributed by atoms with Gasteiger partial charge in [-0.15, -0.1) is 0 Å². The monoisotopic (exact) mass is 267 g/mol. The molecule has 0 saturated heterocycles. The molecule has 0 amide bonds. The van der Waals surface area contributed by atoms with Gasteiger partial charge in [-0.25, -0.2) is 0 Å². The Labute approximate surface area is 120 Å². The van der Waals surface area contributed by atoms with Crippen molar-refractivity contribution in [1.82, 2.24) is 0 Å². The van der Waals surface area contributed by atoms with Gasteiger partial charge in [-0.1, -0.05) is 24.3 Å². The molecule has 0 spiro atoms. The lowest BCUT2D eigenvalue weighted by Crippen LogP contribution is -2.33. The van der Waals surface area contributed by atoms with Crippen LogP contribution in [0.5, 0.6) is 5.75 Å². The van der Waals surface area contributed by atoms with E-state index in [1.807, 2.05) is 0 Å². The van der Waals surface area contributed by atoms with Gasteiger partial charge < -0.3 is 10.1 Å². The first-order valence-electron chi connectivity index (χ1n) is 7.22. The van der Waals surface area contributed by atoms with Crippen molar-refractivity contribution in [2.45, 2.75) is 31.7 Å². The molecule has 0 radical (unpaired) electrons. The van der Waals surface area contributed by atoms with E-state index in [4.69, 9.17) is 4.74 Å². The molecule has 0 unspecified atom stereocenters. The van der Waals surface area contributed by atoms with E-state index < -0.39 is 0 Å². The fourth-order valence-corrected chi connectivity index (χ4v) is 2.85. The Kier molecular flexibility index (Phi) is 3.64. The van der Waals surface area contributed by atoms with Crippen LogP contribution < -0.4 is 10.1 Å². The maximum Gasteiger partial charge on any atom is 0.118 e. The lowest BCUT2D eigenvalue weighted by atomic mass is 9.76. The summed E-state index contributed by atoms with van der Waals surface area (Å²) < 4.78 is 5.20. The molecule has 0 aromatic heterocycles. The van der Waals surface area contributed by atoms with E-state index in [-0.39, 0.29) is 0 Å². The maximum absolute atomic E-state index is 5.20. The van der Waals surface area contributed by atoms with Crippen LogP contribution in [0.1, 0.15) is 29.9 Å². The lowest BCUT2D eigenvalue weighted by Gasteiger charge is -2.37. The van der Waals surface area contributed by atoms with Crippen molar-refractivity contribution in [3.63, 3.8) is 0 Å². The number of hydrogen-bond donors (Lipinski definition) is 1. The molecule has 2 nitrogen and oxygen atoms in total. The zero-order chi connectivity index (χ0) is 13.9. The van der Waals surface area contributed by atoms with Crippen LogP contribution in [0.2, 0.25) is 0 Å². The molecule has 104 valence electrons. The fraction of sp³-hybridized carbons (Fsp3) is 0.333. The molecule has 1 saturated carbocycles. The van der Waals surface area contributed by atoms with Crippen LogP contribution >= 0.6 is 0 Å². The Morgan fingerprint density at radius 3 is 2.45 bits per heavy atom. The fourth-order valence-electron chi connectivity index (χ4n) is 2.85. The van der Waals surface area contributed by atoms with Crippen molar-refractivity contribution < 1.29 is 4.74 Å². The molecule has 3 rings (SSSR count). The van der Waals surface area contributed by atoms with Crippen LogP contribution in [0, 0.1) is 6.92 Å². The summed E-state index contributed by atoms with van der Waals surface area (Å²) in [7, 11) is 1.71. The summed E-state index contributed by atoms with van der Waals surface area (Å²) in [5.74, 6) is 1.62. The van der Waals surface area contributed by atoms with E-state index in [1.165, 1.54) is 29.7 Å². The minimum absolute atomic E-state index is 0.601. The largest absolute Gasteiger partial charge is 0.497 e. The molecule has 2 aromatic rings. The van der Waals surface area contributed by atoms with E-state index in [0.29, 0.717) is 12.0 Å². The quantitative estimate of drug-likeness (QED) is 0.888. The number of hydrogen-bond acceptors (Lipinski definition) is 2.